The minimum absolute atomic E-state index is 0.255. The number of piperidine rings is 1. The van der Waals surface area contributed by atoms with Crippen molar-refractivity contribution >= 4 is 28.8 Å². The number of imidazole rings is 1. The molecule has 3 aromatic rings. The van der Waals surface area contributed by atoms with E-state index in [1.807, 2.05) is 24.5 Å². The normalized spacial score (nSPS) is 14.9. The highest BCUT2D eigenvalue weighted by atomic mass is 16.2. The first kappa shape index (κ1) is 20.1. The van der Waals surface area contributed by atoms with E-state index in [0.29, 0.717) is 35.2 Å². The van der Waals surface area contributed by atoms with Gasteiger partial charge in [-0.2, -0.15) is 5.10 Å². The second-order valence-corrected chi connectivity index (χ2v) is 7.75. The van der Waals surface area contributed by atoms with Gasteiger partial charge in [0.1, 0.15) is 5.69 Å². The molecule has 0 unspecified atom stereocenters. The van der Waals surface area contributed by atoms with E-state index in [1.165, 1.54) is 0 Å². The maximum Gasteiger partial charge on any atom is 0.276 e. The molecule has 0 bridgehead atoms. The molecule has 9 heteroatoms. The number of carbonyl (C=O) groups is 2. The number of fused-ring (bicyclic) bond motifs is 1. The smallest absolute Gasteiger partial charge is 0.276 e. The average molecular weight is 409 g/mol. The number of carbonyl (C=O) groups excluding carboxylic acids is 2. The number of nitrogens with one attached hydrogen (secondary N) is 2. The van der Waals surface area contributed by atoms with Gasteiger partial charge in [0.25, 0.3) is 5.91 Å². The van der Waals surface area contributed by atoms with E-state index in [9.17, 15) is 9.59 Å². The molecule has 1 aromatic carbocycles. The lowest BCUT2D eigenvalue weighted by molar-refractivity contribution is 0.0996. The molecular formula is C21H27N7O2. The summed E-state index contributed by atoms with van der Waals surface area (Å²) in [6.45, 7) is 7.13. The first-order valence-electron chi connectivity index (χ1n) is 10.3. The van der Waals surface area contributed by atoms with Crippen LogP contribution in [0.25, 0.3) is 11.0 Å². The molecule has 3 heterocycles. The van der Waals surface area contributed by atoms with Crippen molar-refractivity contribution in [3.05, 3.63) is 41.2 Å². The van der Waals surface area contributed by atoms with Crippen molar-refractivity contribution in [1.29, 1.82) is 0 Å². The van der Waals surface area contributed by atoms with E-state index in [1.54, 1.807) is 22.9 Å². The van der Waals surface area contributed by atoms with Crippen LogP contribution in [0.1, 0.15) is 46.3 Å². The molecule has 9 nitrogen and oxygen atoms in total. The van der Waals surface area contributed by atoms with Crippen molar-refractivity contribution in [2.24, 2.45) is 11.7 Å². The topological polar surface area (TPSA) is 120 Å². The van der Waals surface area contributed by atoms with Crippen LogP contribution in [0.3, 0.4) is 0 Å². The van der Waals surface area contributed by atoms with E-state index in [0.717, 1.165) is 43.7 Å². The molecule has 0 spiro atoms. The highest BCUT2D eigenvalue weighted by molar-refractivity contribution is 6.03. The monoisotopic (exact) mass is 409 g/mol. The molecule has 4 rings (SSSR count). The lowest BCUT2D eigenvalue weighted by atomic mass is 9.98. The standard InChI is InChI=1S/C21H27N7O2/c1-3-28-18(10-13(2)26-28)20(30)25-21-24-16-11-15(19(22)29)4-5-17(16)27(21)12-14-6-8-23-9-7-14/h4-5,10-11,14,23H,3,6-9,12H2,1-2H3,(H2,22,29)(H,24,25,30). The van der Waals surface area contributed by atoms with Gasteiger partial charge in [0.05, 0.1) is 16.7 Å². The summed E-state index contributed by atoms with van der Waals surface area (Å²) in [5.41, 5.74) is 8.61. The van der Waals surface area contributed by atoms with Gasteiger partial charge in [-0.25, -0.2) is 4.98 Å². The third kappa shape index (κ3) is 3.93. The third-order valence-corrected chi connectivity index (χ3v) is 5.59. The van der Waals surface area contributed by atoms with Crippen LogP contribution in [-0.2, 0) is 13.1 Å². The fourth-order valence-corrected chi connectivity index (χ4v) is 4.02. The van der Waals surface area contributed by atoms with Gasteiger partial charge in [0.2, 0.25) is 11.9 Å². The first-order valence-corrected chi connectivity index (χ1v) is 10.3. The number of rotatable bonds is 6. The second-order valence-electron chi connectivity index (χ2n) is 7.75. The summed E-state index contributed by atoms with van der Waals surface area (Å²) in [4.78, 5) is 29.2. The van der Waals surface area contributed by atoms with Crippen LogP contribution in [0, 0.1) is 12.8 Å². The molecule has 4 N–H and O–H groups in total. The summed E-state index contributed by atoms with van der Waals surface area (Å²) in [6.07, 6.45) is 2.13. The number of aromatic nitrogens is 4. The molecule has 158 valence electrons. The maximum absolute atomic E-state index is 13.0. The summed E-state index contributed by atoms with van der Waals surface area (Å²) in [6, 6.07) is 6.99. The van der Waals surface area contributed by atoms with Gasteiger partial charge in [-0.05, 0) is 70.0 Å². The zero-order chi connectivity index (χ0) is 21.3. The average Bonchev–Trinajstić information content (AvgIpc) is 3.28. The van der Waals surface area contributed by atoms with Gasteiger partial charge in [0, 0.05) is 18.7 Å². The summed E-state index contributed by atoms with van der Waals surface area (Å²) in [5.74, 6) is 0.197. The number of primary amides is 1. The van der Waals surface area contributed by atoms with Gasteiger partial charge in [-0.15, -0.1) is 0 Å². The summed E-state index contributed by atoms with van der Waals surface area (Å²) >= 11 is 0. The number of amides is 2. The SMILES string of the molecule is CCn1nc(C)cc1C(=O)Nc1nc2cc(C(N)=O)ccc2n1CC1CCNCC1. The minimum atomic E-state index is -0.502. The molecule has 0 atom stereocenters. The molecule has 1 aliphatic rings. The number of nitrogens with zero attached hydrogens (tertiary/aromatic N) is 4. The van der Waals surface area contributed by atoms with E-state index in [2.05, 4.69) is 20.7 Å². The molecule has 0 radical (unpaired) electrons. The fourth-order valence-electron chi connectivity index (χ4n) is 4.02. The van der Waals surface area contributed by atoms with Crippen LogP contribution in [0.15, 0.2) is 24.3 Å². The number of benzene rings is 1. The molecule has 0 saturated carbocycles. The number of aryl methyl sites for hydroxylation is 2. The van der Waals surface area contributed by atoms with Gasteiger partial charge in [-0.1, -0.05) is 0 Å². The first-order chi connectivity index (χ1) is 14.5. The van der Waals surface area contributed by atoms with Gasteiger partial charge in [-0.3, -0.25) is 19.6 Å². The Balaban J connectivity index is 1.71. The van der Waals surface area contributed by atoms with Crippen molar-refractivity contribution < 1.29 is 9.59 Å². The lowest BCUT2D eigenvalue weighted by Gasteiger charge is -2.24. The van der Waals surface area contributed by atoms with Crippen molar-refractivity contribution in [2.75, 3.05) is 18.4 Å². The number of hydrogen-bond acceptors (Lipinski definition) is 5. The highest BCUT2D eigenvalue weighted by Crippen LogP contribution is 2.25. The molecule has 1 saturated heterocycles. The highest BCUT2D eigenvalue weighted by Gasteiger charge is 2.21. The second kappa shape index (κ2) is 8.27. The van der Waals surface area contributed by atoms with Crippen molar-refractivity contribution in [3.63, 3.8) is 0 Å². The largest absolute Gasteiger partial charge is 0.366 e. The Kier molecular flexibility index (Phi) is 5.54. The quantitative estimate of drug-likeness (QED) is 0.574. The third-order valence-electron chi connectivity index (χ3n) is 5.59. The predicted molar refractivity (Wildman–Crippen MR) is 114 cm³/mol. The van der Waals surface area contributed by atoms with Crippen LogP contribution >= 0.6 is 0 Å². The minimum Gasteiger partial charge on any atom is -0.366 e. The summed E-state index contributed by atoms with van der Waals surface area (Å²) in [5, 5.41) is 10.7. The van der Waals surface area contributed by atoms with Crippen LogP contribution in [0.5, 0.6) is 0 Å². The van der Waals surface area contributed by atoms with Gasteiger partial charge >= 0.3 is 0 Å². The van der Waals surface area contributed by atoms with E-state index in [4.69, 9.17) is 5.73 Å². The summed E-state index contributed by atoms with van der Waals surface area (Å²) in [7, 11) is 0. The molecule has 1 aliphatic heterocycles. The summed E-state index contributed by atoms with van der Waals surface area (Å²) < 4.78 is 3.71. The predicted octanol–water partition coefficient (Wildman–Crippen LogP) is 1.91. The Morgan fingerprint density at radius 2 is 2.03 bits per heavy atom. The Morgan fingerprint density at radius 3 is 2.73 bits per heavy atom. The molecule has 0 aliphatic carbocycles. The zero-order valence-electron chi connectivity index (χ0n) is 17.3. The Hall–Kier alpha value is -3.20. The van der Waals surface area contributed by atoms with Crippen molar-refractivity contribution in [2.45, 2.75) is 39.8 Å². The Morgan fingerprint density at radius 1 is 1.27 bits per heavy atom. The lowest BCUT2D eigenvalue weighted by Crippen LogP contribution is -2.30. The molecule has 2 amide bonds. The van der Waals surface area contributed by atoms with E-state index < -0.39 is 5.91 Å². The van der Waals surface area contributed by atoms with Crippen LogP contribution < -0.4 is 16.4 Å². The molecule has 2 aromatic heterocycles. The van der Waals surface area contributed by atoms with E-state index >= 15 is 0 Å². The molecule has 1 fully saturated rings. The van der Waals surface area contributed by atoms with Crippen LogP contribution in [-0.4, -0.2) is 44.2 Å². The van der Waals surface area contributed by atoms with Gasteiger partial charge in [0.15, 0.2) is 0 Å². The molecule has 30 heavy (non-hydrogen) atoms. The van der Waals surface area contributed by atoms with E-state index in [-0.39, 0.29) is 5.91 Å². The number of hydrogen-bond donors (Lipinski definition) is 3. The Labute approximate surface area is 174 Å². The van der Waals surface area contributed by atoms with Crippen LogP contribution in [0.2, 0.25) is 0 Å². The fraction of sp³-hybridized carbons (Fsp3) is 0.429. The Bertz CT molecular complexity index is 1090. The molecular weight excluding hydrogens is 382 g/mol. The van der Waals surface area contributed by atoms with Crippen molar-refractivity contribution in [1.82, 2.24) is 24.6 Å². The number of anilines is 1. The van der Waals surface area contributed by atoms with Crippen molar-refractivity contribution in [3.8, 4) is 0 Å². The van der Waals surface area contributed by atoms with Crippen LogP contribution in [0.4, 0.5) is 5.95 Å². The van der Waals surface area contributed by atoms with Gasteiger partial charge < -0.3 is 15.6 Å². The number of nitrogens with two attached hydrogens (primary N) is 1. The zero-order valence-corrected chi connectivity index (χ0v) is 17.3. The maximum atomic E-state index is 13.0.